The molecule has 0 saturated carbocycles. The summed E-state index contributed by atoms with van der Waals surface area (Å²) in [4.78, 5) is 0. The van der Waals surface area contributed by atoms with Crippen LogP contribution in [0.3, 0.4) is 0 Å². The fourth-order valence-corrected chi connectivity index (χ4v) is 2.02. The monoisotopic (exact) mass is 282 g/mol. The lowest BCUT2D eigenvalue weighted by atomic mass is 10.1. The molecule has 0 aliphatic rings. The van der Waals surface area contributed by atoms with Crippen molar-refractivity contribution in [3.63, 3.8) is 0 Å². The van der Waals surface area contributed by atoms with Gasteiger partial charge in [-0.2, -0.15) is 0 Å². The highest BCUT2D eigenvalue weighted by Gasteiger charge is 2.11. The average Bonchev–Trinajstić information content (AvgIpc) is 2.83. The van der Waals surface area contributed by atoms with Crippen molar-refractivity contribution in [3.05, 3.63) is 40.6 Å². The van der Waals surface area contributed by atoms with E-state index < -0.39 is 0 Å². The van der Waals surface area contributed by atoms with Gasteiger partial charge in [0.15, 0.2) is 0 Å². The molecule has 1 N–H and O–H groups in total. The van der Waals surface area contributed by atoms with E-state index in [1.807, 2.05) is 24.3 Å². The van der Waals surface area contributed by atoms with Gasteiger partial charge in [-0.1, -0.05) is 0 Å². The minimum absolute atomic E-state index is 0.0501. The first-order chi connectivity index (χ1) is 7.76. The molecule has 84 valence electrons. The number of hydrogen-bond acceptors (Lipinski definition) is 3. The van der Waals surface area contributed by atoms with Gasteiger partial charge in [0.2, 0.25) is 0 Å². The summed E-state index contributed by atoms with van der Waals surface area (Å²) in [5, 5.41) is 9.24. The molecular weight excluding hydrogens is 272 g/mol. The summed E-state index contributed by atoms with van der Waals surface area (Å²) in [5.74, 6) is 1.43. The van der Waals surface area contributed by atoms with Crippen molar-refractivity contribution in [3.8, 4) is 17.1 Å². The van der Waals surface area contributed by atoms with Crippen LogP contribution in [0.4, 0.5) is 0 Å². The Morgan fingerprint density at radius 3 is 2.81 bits per heavy atom. The van der Waals surface area contributed by atoms with Gasteiger partial charge in [-0.3, -0.25) is 0 Å². The van der Waals surface area contributed by atoms with Gasteiger partial charge in [0.1, 0.15) is 11.5 Å². The molecule has 4 heteroatoms. The van der Waals surface area contributed by atoms with Crippen LogP contribution in [0.15, 0.2) is 39.4 Å². The highest BCUT2D eigenvalue weighted by Crippen LogP contribution is 2.34. The Morgan fingerprint density at radius 1 is 1.44 bits per heavy atom. The predicted octanol–water partition coefficient (Wildman–Crippen LogP) is 3.21. The molecule has 0 radical (unpaired) electrons. The van der Waals surface area contributed by atoms with Crippen molar-refractivity contribution < 1.29 is 14.3 Å². The number of methoxy groups -OCH3 is 1. The largest absolute Gasteiger partial charge is 0.496 e. The summed E-state index contributed by atoms with van der Waals surface area (Å²) in [7, 11) is 1.59. The third kappa shape index (κ3) is 1.99. The van der Waals surface area contributed by atoms with Crippen LogP contribution in [0.25, 0.3) is 11.3 Å². The molecule has 3 nitrogen and oxygen atoms in total. The Balaban J connectivity index is 2.56. The van der Waals surface area contributed by atoms with E-state index in [-0.39, 0.29) is 6.61 Å². The standard InChI is InChI=1S/C12H11BrO3/c1-15-11-6-8(10-3-2-4-16-10)5-9(7-14)12(11)13/h2-6,14H,7H2,1H3. The number of furan rings is 1. The van der Waals surface area contributed by atoms with Crippen molar-refractivity contribution in [2.45, 2.75) is 6.61 Å². The summed E-state index contributed by atoms with van der Waals surface area (Å²) in [6.07, 6.45) is 1.61. The maximum Gasteiger partial charge on any atom is 0.134 e. The highest BCUT2D eigenvalue weighted by molar-refractivity contribution is 9.10. The maximum atomic E-state index is 9.24. The zero-order chi connectivity index (χ0) is 11.5. The molecule has 0 amide bonds. The van der Waals surface area contributed by atoms with Gasteiger partial charge in [-0.25, -0.2) is 0 Å². The van der Waals surface area contributed by atoms with Crippen LogP contribution in [0.5, 0.6) is 5.75 Å². The van der Waals surface area contributed by atoms with E-state index in [0.717, 1.165) is 21.4 Å². The fourth-order valence-electron chi connectivity index (χ4n) is 1.50. The molecule has 1 aromatic carbocycles. The van der Waals surface area contributed by atoms with Crippen LogP contribution in [-0.4, -0.2) is 12.2 Å². The van der Waals surface area contributed by atoms with Crippen LogP contribution in [-0.2, 0) is 6.61 Å². The van der Waals surface area contributed by atoms with Crippen LogP contribution >= 0.6 is 15.9 Å². The van der Waals surface area contributed by atoms with Gasteiger partial charge < -0.3 is 14.3 Å². The first-order valence-electron chi connectivity index (χ1n) is 4.77. The molecule has 2 rings (SSSR count). The quantitative estimate of drug-likeness (QED) is 0.940. The molecule has 16 heavy (non-hydrogen) atoms. The molecule has 0 aliphatic heterocycles. The van der Waals surface area contributed by atoms with Gasteiger partial charge in [-0.15, -0.1) is 0 Å². The van der Waals surface area contributed by atoms with Crippen LogP contribution in [0, 0.1) is 0 Å². The van der Waals surface area contributed by atoms with Crippen molar-refractivity contribution in [2.24, 2.45) is 0 Å². The van der Waals surface area contributed by atoms with Crippen molar-refractivity contribution >= 4 is 15.9 Å². The van der Waals surface area contributed by atoms with Gasteiger partial charge in [0.05, 0.1) is 24.5 Å². The highest BCUT2D eigenvalue weighted by atomic mass is 79.9. The Kier molecular flexibility index (Phi) is 3.31. The number of aliphatic hydroxyl groups is 1. The van der Waals surface area contributed by atoms with E-state index in [2.05, 4.69) is 15.9 Å². The second-order valence-electron chi connectivity index (χ2n) is 3.29. The molecular formula is C12H11BrO3. The lowest BCUT2D eigenvalue weighted by molar-refractivity contribution is 0.280. The van der Waals surface area contributed by atoms with Crippen LogP contribution < -0.4 is 4.74 Å². The molecule has 2 aromatic rings. The van der Waals surface area contributed by atoms with E-state index in [1.54, 1.807) is 13.4 Å². The topological polar surface area (TPSA) is 42.6 Å². The molecule has 1 aromatic heterocycles. The van der Waals surface area contributed by atoms with Gasteiger partial charge in [0.25, 0.3) is 0 Å². The minimum atomic E-state index is -0.0501. The summed E-state index contributed by atoms with van der Waals surface area (Å²) in [6, 6.07) is 7.42. The molecule has 0 unspecified atom stereocenters. The fraction of sp³-hybridized carbons (Fsp3) is 0.167. The Labute approximate surface area is 102 Å². The van der Waals surface area contributed by atoms with E-state index in [0.29, 0.717) is 5.75 Å². The molecule has 0 atom stereocenters. The van der Waals surface area contributed by atoms with Crippen molar-refractivity contribution in [1.82, 2.24) is 0 Å². The average molecular weight is 283 g/mol. The Hall–Kier alpha value is -1.26. The van der Waals surface area contributed by atoms with Gasteiger partial charge in [-0.05, 0) is 45.8 Å². The lowest BCUT2D eigenvalue weighted by Gasteiger charge is -2.09. The number of ether oxygens (including phenoxy) is 1. The third-order valence-corrected chi connectivity index (χ3v) is 3.21. The zero-order valence-corrected chi connectivity index (χ0v) is 10.3. The van der Waals surface area contributed by atoms with E-state index in [9.17, 15) is 5.11 Å². The van der Waals surface area contributed by atoms with Gasteiger partial charge in [0, 0.05) is 5.56 Å². The zero-order valence-electron chi connectivity index (χ0n) is 8.74. The number of halogens is 1. The first-order valence-corrected chi connectivity index (χ1v) is 5.56. The Morgan fingerprint density at radius 2 is 2.25 bits per heavy atom. The minimum Gasteiger partial charge on any atom is -0.496 e. The molecule has 0 spiro atoms. The normalized spacial score (nSPS) is 10.4. The lowest BCUT2D eigenvalue weighted by Crippen LogP contribution is -1.92. The molecule has 1 heterocycles. The molecule has 0 saturated heterocycles. The SMILES string of the molecule is COc1cc(-c2ccco2)cc(CO)c1Br. The van der Waals surface area contributed by atoms with E-state index >= 15 is 0 Å². The van der Waals surface area contributed by atoms with Crippen molar-refractivity contribution in [1.29, 1.82) is 0 Å². The number of rotatable bonds is 3. The van der Waals surface area contributed by atoms with Crippen LogP contribution in [0.1, 0.15) is 5.56 Å². The summed E-state index contributed by atoms with van der Waals surface area (Å²) in [6.45, 7) is -0.0501. The van der Waals surface area contributed by atoms with Crippen LogP contribution in [0.2, 0.25) is 0 Å². The Bertz CT molecular complexity index is 452. The second kappa shape index (κ2) is 4.72. The smallest absolute Gasteiger partial charge is 0.134 e. The molecule has 0 aliphatic carbocycles. The number of benzene rings is 1. The molecule has 0 fully saturated rings. The van der Waals surface area contributed by atoms with Gasteiger partial charge >= 0.3 is 0 Å². The summed E-state index contributed by atoms with van der Waals surface area (Å²) in [5.41, 5.74) is 1.65. The summed E-state index contributed by atoms with van der Waals surface area (Å²) >= 11 is 3.38. The van der Waals surface area contributed by atoms with Crippen molar-refractivity contribution in [2.75, 3.05) is 7.11 Å². The predicted molar refractivity (Wildman–Crippen MR) is 64.3 cm³/mol. The number of hydrogen-bond donors (Lipinski definition) is 1. The second-order valence-corrected chi connectivity index (χ2v) is 4.08. The van der Waals surface area contributed by atoms with E-state index in [4.69, 9.17) is 9.15 Å². The number of aliphatic hydroxyl groups excluding tert-OH is 1. The summed E-state index contributed by atoms with van der Waals surface area (Å²) < 4.78 is 11.3. The maximum absolute atomic E-state index is 9.24. The van der Waals surface area contributed by atoms with E-state index in [1.165, 1.54) is 0 Å². The first kappa shape index (κ1) is 11.2. The third-order valence-electron chi connectivity index (χ3n) is 2.31. The molecule has 0 bridgehead atoms.